The second kappa shape index (κ2) is 5.50. The molecule has 0 amide bonds. The fraction of sp³-hybridized carbons (Fsp3) is 0.467. The highest BCUT2D eigenvalue weighted by Gasteiger charge is 2.41. The van der Waals surface area contributed by atoms with Crippen molar-refractivity contribution in [3.8, 4) is 0 Å². The molecular weight excluding hydrogens is 318 g/mol. The summed E-state index contributed by atoms with van der Waals surface area (Å²) in [5.74, 6) is 0.395. The molecule has 0 aliphatic carbocycles. The summed E-state index contributed by atoms with van der Waals surface area (Å²) in [7, 11) is 0. The molecule has 0 aromatic carbocycles. The first-order valence-corrected chi connectivity index (χ1v) is 7.75. The number of fused-ring (bicyclic) bond motifs is 1. The van der Waals surface area contributed by atoms with Crippen molar-refractivity contribution < 1.29 is 8.78 Å². The number of nitrogens with one attached hydrogen (secondary N) is 1. The molecule has 2 aromatic heterocycles. The lowest BCUT2D eigenvalue weighted by atomic mass is 10.0. The highest BCUT2D eigenvalue weighted by molar-refractivity contribution is 5.38. The maximum Gasteiger partial charge on any atom is 0.288 e. The van der Waals surface area contributed by atoms with E-state index in [1.807, 2.05) is 9.80 Å². The quantitative estimate of drug-likeness (QED) is 0.872. The molecule has 4 heterocycles. The van der Waals surface area contributed by atoms with E-state index in [0.29, 0.717) is 23.7 Å². The number of H-pyrrole nitrogens is 1. The van der Waals surface area contributed by atoms with Gasteiger partial charge in [-0.15, -0.1) is 0 Å². The Labute approximate surface area is 136 Å². The molecule has 4 rings (SSSR count). The second-order valence-corrected chi connectivity index (χ2v) is 6.32. The zero-order valence-corrected chi connectivity index (χ0v) is 13.0. The minimum atomic E-state index is -0.835. The Morgan fingerprint density at radius 2 is 1.67 bits per heavy atom. The van der Waals surface area contributed by atoms with Crippen molar-refractivity contribution in [3.05, 3.63) is 40.1 Å². The molecule has 24 heavy (non-hydrogen) atoms. The maximum absolute atomic E-state index is 13.4. The van der Waals surface area contributed by atoms with Gasteiger partial charge in [0.2, 0.25) is 17.7 Å². The molecule has 2 saturated heterocycles. The van der Waals surface area contributed by atoms with Gasteiger partial charge in [-0.25, -0.2) is 19.3 Å². The number of hydrogen-bond donors (Lipinski definition) is 1. The third-order valence-electron chi connectivity index (χ3n) is 4.69. The summed E-state index contributed by atoms with van der Waals surface area (Å²) < 4.78 is 26.3. The van der Waals surface area contributed by atoms with Crippen molar-refractivity contribution in [1.29, 1.82) is 0 Å². The van der Waals surface area contributed by atoms with Gasteiger partial charge in [-0.2, -0.15) is 4.39 Å². The van der Waals surface area contributed by atoms with Crippen molar-refractivity contribution in [1.82, 2.24) is 19.9 Å². The lowest BCUT2D eigenvalue weighted by molar-refractivity contribution is 0.533. The number of aromatic amines is 1. The van der Waals surface area contributed by atoms with Gasteiger partial charge in [0, 0.05) is 38.0 Å². The molecule has 0 saturated carbocycles. The van der Waals surface area contributed by atoms with E-state index in [2.05, 4.69) is 19.9 Å². The van der Waals surface area contributed by atoms with Crippen LogP contribution in [0.5, 0.6) is 0 Å². The molecule has 2 atom stereocenters. The van der Waals surface area contributed by atoms with Crippen LogP contribution < -0.4 is 15.4 Å². The number of anilines is 2. The van der Waals surface area contributed by atoms with E-state index in [4.69, 9.17) is 0 Å². The zero-order chi connectivity index (χ0) is 16.8. The third-order valence-corrected chi connectivity index (χ3v) is 4.69. The predicted molar refractivity (Wildman–Crippen MR) is 82.9 cm³/mol. The topological polar surface area (TPSA) is 78.0 Å². The van der Waals surface area contributed by atoms with Crippen LogP contribution in [0.15, 0.2) is 17.2 Å². The number of aromatic nitrogens is 4. The molecule has 0 bridgehead atoms. The summed E-state index contributed by atoms with van der Waals surface area (Å²) in [6.07, 6.45) is 2.33. The third kappa shape index (κ3) is 2.49. The molecule has 0 radical (unpaired) electrons. The molecule has 2 aromatic rings. The van der Waals surface area contributed by atoms with Crippen molar-refractivity contribution in [3.63, 3.8) is 0 Å². The van der Waals surface area contributed by atoms with Crippen LogP contribution >= 0.6 is 0 Å². The molecule has 126 valence electrons. The van der Waals surface area contributed by atoms with Crippen LogP contribution in [0.2, 0.25) is 0 Å². The first kappa shape index (κ1) is 15.0. The standard InChI is InChI=1S/C15H16F2N6O/c1-8-12(17)13(24)21-15(20-8)23-6-9-4-22(5-10(9)7-23)14-18-2-11(16)3-19-14/h2-3,9-10H,4-7H2,1H3,(H,20,21,24). The lowest BCUT2D eigenvalue weighted by Gasteiger charge is -2.22. The normalized spacial score (nSPS) is 23.0. The largest absolute Gasteiger partial charge is 0.342 e. The van der Waals surface area contributed by atoms with Gasteiger partial charge in [0.05, 0.1) is 18.1 Å². The van der Waals surface area contributed by atoms with E-state index < -0.39 is 17.2 Å². The van der Waals surface area contributed by atoms with Crippen molar-refractivity contribution in [2.45, 2.75) is 6.92 Å². The molecular formula is C15H16F2N6O. The number of nitrogens with zero attached hydrogens (tertiary/aromatic N) is 5. The summed E-state index contributed by atoms with van der Waals surface area (Å²) >= 11 is 0. The van der Waals surface area contributed by atoms with Crippen LogP contribution in [0.4, 0.5) is 20.7 Å². The Balaban J connectivity index is 1.48. The van der Waals surface area contributed by atoms with E-state index in [0.717, 1.165) is 26.2 Å². The van der Waals surface area contributed by atoms with Crippen LogP contribution in [-0.4, -0.2) is 46.1 Å². The van der Waals surface area contributed by atoms with Crippen LogP contribution in [0.1, 0.15) is 5.69 Å². The molecule has 2 aliphatic rings. The Kier molecular flexibility index (Phi) is 3.43. The van der Waals surface area contributed by atoms with E-state index in [1.54, 1.807) is 0 Å². The van der Waals surface area contributed by atoms with Gasteiger partial charge in [-0.3, -0.25) is 9.78 Å². The van der Waals surface area contributed by atoms with Gasteiger partial charge < -0.3 is 9.80 Å². The monoisotopic (exact) mass is 334 g/mol. The van der Waals surface area contributed by atoms with Crippen LogP contribution in [0.25, 0.3) is 0 Å². The summed E-state index contributed by atoms with van der Waals surface area (Å²) in [5.41, 5.74) is -0.636. The smallest absolute Gasteiger partial charge is 0.288 e. The highest BCUT2D eigenvalue weighted by Crippen LogP contribution is 2.33. The lowest BCUT2D eigenvalue weighted by Crippen LogP contribution is -2.32. The first-order valence-electron chi connectivity index (χ1n) is 7.75. The number of aryl methyl sites for hydroxylation is 1. The number of hydrogen-bond acceptors (Lipinski definition) is 6. The average Bonchev–Trinajstić information content (AvgIpc) is 3.11. The van der Waals surface area contributed by atoms with E-state index in [-0.39, 0.29) is 5.69 Å². The van der Waals surface area contributed by atoms with E-state index in [1.165, 1.54) is 19.3 Å². The molecule has 2 fully saturated rings. The Bertz CT molecular complexity index is 810. The fourth-order valence-electron chi connectivity index (χ4n) is 3.50. The van der Waals surface area contributed by atoms with Gasteiger partial charge in [0.15, 0.2) is 5.82 Å². The summed E-state index contributed by atoms with van der Waals surface area (Å²) in [6.45, 7) is 4.44. The average molecular weight is 334 g/mol. The molecule has 0 spiro atoms. The molecule has 1 N–H and O–H groups in total. The Morgan fingerprint density at radius 1 is 1.08 bits per heavy atom. The van der Waals surface area contributed by atoms with Gasteiger partial charge in [0.1, 0.15) is 0 Å². The van der Waals surface area contributed by atoms with Gasteiger partial charge in [0.25, 0.3) is 5.56 Å². The minimum Gasteiger partial charge on any atom is -0.342 e. The maximum atomic E-state index is 13.4. The van der Waals surface area contributed by atoms with Gasteiger partial charge >= 0.3 is 0 Å². The van der Waals surface area contributed by atoms with Gasteiger partial charge in [-0.05, 0) is 6.92 Å². The number of rotatable bonds is 2. The van der Waals surface area contributed by atoms with Crippen LogP contribution in [0, 0.1) is 30.4 Å². The Morgan fingerprint density at radius 3 is 2.25 bits per heavy atom. The summed E-state index contributed by atoms with van der Waals surface area (Å²) in [5, 5.41) is 0. The fourth-order valence-corrected chi connectivity index (χ4v) is 3.50. The molecule has 2 aliphatic heterocycles. The molecule has 7 nitrogen and oxygen atoms in total. The van der Waals surface area contributed by atoms with Crippen molar-refractivity contribution in [2.24, 2.45) is 11.8 Å². The predicted octanol–water partition coefficient (Wildman–Crippen LogP) is 0.719. The molecule has 9 heteroatoms. The summed E-state index contributed by atoms with van der Waals surface area (Å²) in [4.78, 5) is 30.3. The van der Waals surface area contributed by atoms with Crippen molar-refractivity contribution in [2.75, 3.05) is 36.0 Å². The van der Waals surface area contributed by atoms with Crippen LogP contribution in [-0.2, 0) is 0 Å². The summed E-state index contributed by atoms with van der Waals surface area (Å²) in [6, 6.07) is 0. The number of halogens is 2. The SMILES string of the molecule is Cc1nc(N2CC3CN(c4ncc(F)cn4)CC3C2)[nH]c(=O)c1F. The minimum absolute atomic E-state index is 0.104. The van der Waals surface area contributed by atoms with Crippen LogP contribution in [0.3, 0.4) is 0 Å². The van der Waals surface area contributed by atoms with Crippen molar-refractivity contribution >= 4 is 11.9 Å². The zero-order valence-electron chi connectivity index (χ0n) is 13.0. The highest BCUT2D eigenvalue weighted by atomic mass is 19.1. The first-order chi connectivity index (χ1) is 11.5. The molecule has 2 unspecified atom stereocenters. The Hall–Kier alpha value is -2.58. The van der Waals surface area contributed by atoms with E-state index in [9.17, 15) is 13.6 Å². The second-order valence-electron chi connectivity index (χ2n) is 6.32. The van der Waals surface area contributed by atoms with E-state index >= 15 is 0 Å². The van der Waals surface area contributed by atoms with Gasteiger partial charge in [-0.1, -0.05) is 0 Å².